The first-order valence-electron chi connectivity index (χ1n) is 8.05. The van der Waals surface area contributed by atoms with Crippen molar-refractivity contribution in [2.45, 2.75) is 13.0 Å². The second kappa shape index (κ2) is 6.98. The first-order chi connectivity index (χ1) is 11.6. The Labute approximate surface area is 151 Å². The monoisotopic (exact) mass is 360 g/mol. The Bertz CT molecular complexity index is 946. The van der Waals surface area contributed by atoms with E-state index in [0.29, 0.717) is 0 Å². The molecule has 0 unspecified atom stereocenters. The van der Waals surface area contributed by atoms with Crippen molar-refractivity contribution >= 4 is 35.6 Å². The van der Waals surface area contributed by atoms with E-state index in [4.69, 9.17) is 0 Å². The van der Waals surface area contributed by atoms with Crippen LogP contribution in [0.15, 0.2) is 42.5 Å². The van der Waals surface area contributed by atoms with Gasteiger partial charge in [0.05, 0.1) is 5.52 Å². The highest BCUT2D eigenvalue weighted by molar-refractivity contribution is 5.88. The molecule has 1 aromatic heterocycles. The maximum Gasteiger partial charge on any atom is 0.123 e. The standard InChI is InChI=1S/C20H18F2N2.ClH/c1-23-9-8-20-18(13-23)17-12-16(22)5-6-19(17)24(20)10-7-14-3-2-4-15(21)11-14;/h2-7,10-12H,8-9,13H2,1H3;1H/b10-7-;. The Hall–Kier alpha value is -2.17. The number of hydrogen-bond donors (Lipinski definition) is 0. The summed E-state index contributed by atoms with van der Waals surface area (Å²) in [5.74, 6) is -0.468. The van der Waals surface area contributed by atoms with Crippen molar-refractivity contribution in [3.8, 4) is 0 Å². The summed E-state index contributed by atoms with van der Waals surface area (Å²) in [5.41, 5.74) is 4.19. The van der Waals surface area contributed by atoms with Gasteiger partial charge in [-0.05, 0) is 54.6 Å². The average molecular weight is 361 g/mol. The van der Waals surface area contributed by atoms with E-state index >= 15 is 0 Å². The van der Waals surface area contributed by atoms with E-state index in [9.17, 15) is 8.78 Å². The fourth-order valence-electron chi connectivity index (χ4n) is 3.44. The molecule has 1 aliphatic heterocycles. The number of aromatic nitrogens is 1. The Morgan fingerprint density at radius 1 is 1.04 bits per heavy atom. The fraction of sp³-hybridized carbons (Fsp3) is 0.200. The van der Waals surface area contributed by atoms with Crippen molar-refractivity contribution in [3.63, 3.8) is 0 Å². The van der Waals surface area contributed by atoms with Crippen molar-refractivity contribution in [2.75, 3.05) is 13.6 Å². The maximum absolute atomic E-state index is 13.7. The van der Waals surface area contributed by atoms with Crippen molar-refractivity contribution in [1.29, 1.82) is 0 Å². The molecule has 0 aliphatic carbocycles. The Morgan fingerprint density at radius 2 is 1.84 bits per heavy atom. The van der Waals surface area contributed by atoms with Crippen LogP contribution in [0, 0.1) is 11.6 Å². The lowest BCUT2D eigenvalue weighted by Crippen LogP contribution is -2.26. The molecular formula is C20H19ClF2N2. The molecule has 0 radical (unpaired) electrons. The summed E-state index contributed by atoms with van der Waals surface area (Å²) in [6.07, 6.45) is 4.76. The van der Waals surface area contributed by atoms with Crippen molar-refractivity contribution in [2.24, 2.45) is 0 Å². The summed E-state index contributed by atoms with van der Waals surface area (Å²) < 4.78 is 29.2. The van der Waals surface area contributed by atoms with Crippen LogP contribution in [-0.4, -0.2) is 23.1 Å². The summed E-state index contributed by atoms with van der Waals surface area (Å²) in [6, 6.07) is 11.4. The second-order valence-corrected chi connectivity index (χ2v) is 6.32. The van der Waals surface area contributed by atoms with Crippen LogP contribution in [0.25, 0.3) is 23.2 Å². The lowest BCUT2D eigenvalue weighted by Gasteiger charge is -2.23. The Morgan fingerprint density at radius 3 is 2.64 bits per heavy atom. The summed E-state index contributed by atoms with van der Waals surface area (Å²) in [5, 5.41) is 0.959. The number of nitrogens with zero attached hydrogens (tertiary/aromatic N) is 2. The normalized spacial score (nSPS) is 14.7. The lowest BCUT2D eigenvalue weighted by molar-refractivity contribution is 0.312. The highest BCUT2D eigenvalue weighted by Crippen LogP contribution is 2.31. The third-order valence-electron chi connectivity index (χ3n) is 4.61. The van der Waals surface area contributed by atoms with E-state index in [0.717, 1.165) is 36.0 Å². The molecule has 2 nitrogen and oxygen atoms in total. The molecule has 0 N–H and O–H groups in total. The molecule has 0 saturated heterocycles. The second-order valence-electron chi connectivity index (χ2n) is 6.32. The molecule has 0 bridgehead atoms. The third kappa shape index (κ3) is 3.32. The van der Waals surface area contributed by atoms with Crippen LogP contribution in [0.1, 0.15) is 16.8 Å². The van der Waals surface area contributed by atoms with Gasteiger partial charge >= 0.3 is 0 Å². The Balaban J connectivity index is 0.00000182. The molecule has 2 aromatic carbocycles. The number of halogens is 3. The van der Waals surface area contributed by atoms with Crippen LogP contribution in [-0.2, 0) is 13.0 Å². The molecule has 4 rings (SSSR count). The number of fused-ring (bicyclic) bond motifs is 3. The van der Waals surface area contributed by atoms with E-state index in [1.54, 1.807) is 12.1 Å². The minimum absolute atomic E-state index is 0. The first-order valence-corrected chi connectivity index (χ1v) is 8.05. The van der Waals surface area contributed by atoms with Gasteiger partial charge in [-0.1, -0.05) is 12.1 Å². The highest BCUT2D eigenvalue weighted by atomic mass is 35.5. The summed E-state index contributed by atoms with van der Waals surface area (Å²) in [7, 11) is 2.08. The van der Waals surface area contributed by atoms with Crippen molar-refractivity contribution in [1.82, 2.24) is 9.47 Å². The van der Waals surface area contributed by atoms with Gasteiger partial charge in [0.1, 0.15) is 11.6 Å². The number of rotatable bonds is 2. The zero-order chi connectivity index (χ0) is 16.7. The largest absolute Gasteiger partial charge is 0.320 e. The summed E-state index contributed by atoms with van der Waals surface area (Å²) >= 11 is 0. The predicted molar refractivity (Wildman–Crippen MR) is 101 cm³/mol. The van der Waals surface area contributed by atoms with Gasteiger partial charge in [0, 0.05) is 36.8 Å². The van der Waals surface area contributed by atoms with E-state index in [1.807, 2.05) is 24.4 Å². The molecule has 0 spiro atoms. The van der Waals surface area contributed by atoms with Gasteiger partial charge < -0.3 is 9.47 Å². The first kappa shape index (κ1) is 17.6. The van der Waals surface area contributed by atoms with Gasteiger partial charge in [-0.15, -0.1) is 12.4 Å². The average Bonchev–Trinajstić information content (AvgIpc) is 2.85. The number of likely N-dealkylation sites (N-methyl/N-ethyl adjacent to an activating group) is 1. The van der Waals surface area contributed by atoms with Gasteiger partial charge in [-0.3, -0.25) is 0 Å². The van der Waals surface area contributed by atoms with Gasteiger partial charge in [-0.2, -0.15) is 0 Å². The zero-order valence-corrected chi connectivity index (χ0v) is 14.7. The maximum atomic E-state index is 13.7. The molecule has 0 saturated carbocycles. The Kier molecular flexibility index (Phi) is 4.93. The fourth-order valence-corrected chi connectivity index (χ4v) is 3.44. The van der Waals surface area contributed by atoms with Crippen LogP contribution < -0.4 is 0 Å². The quantitative estimate of drug-likeness (QED) is 0.627. The molecule has 130 valence electrons. The van der Waals surface area contributed by atoms with Crippen LogP contribution in [0.4, 0.5) is 8.78 Å². The number of benzene rings is 2. The molecule has 5 heteroatoms. The van der Waals surface area contributed by atoms with Gasteiger partial charge in [0.2, 0.25) is 0 Å². The molecule has 0 amide bonds. The van der Waals surface area contributed by atoms with E-state index < -0.39 is 0 Å². The third-order valence-corrected chi connectivity index (χ3v) is 4.61. The summed E-state index contributed by atoms with van der Waals surface area (Å²) in [6.45, 7) is 1.79. The van der Waals surface area contributed by atoms with Gasteiger partial charge in [0.15, 0.2) is 0 Å². The minimum Gasteiger partial charge on any atom is -0.320 e. The van der Waals surface area contributed by atoms with Crippen LogP contribution in [0.3, 0.4) is 0 Å². The SMILES string of the molecule is CN1CCc2c(c3cc(F)ccc3n2/C=C\c2cccc(F)c2)C1.Cl. The topological polar surface area (TPSA) is 8.17 Å². The van der Waals surface area contributed by atoms with Crippen molar-refractivity contribution < 1.29 is 8.78 Å². The highest BCUT2D eigenvalue weighted by Gasteiger charge is 2.21. The minimum atomic E-state index is -0.250. The smallest absolute Gasteiger partial charge is 0.123 e. The molecule has 25 heavy (non-hydrogen) atoms. The molecule has 0 atom stereocenters. The van der Waals surface area contributed by atoms with Crippen LogP contribution in [0.5, 0.6) is 0 Å². The van der Waals surface area contributed by atoms with Crippen molar-refractivity contribution in [3.05, 3.63) is 70.9 Å². The molecule has 1 aliphatic rings. The van der Waals surface area contributed by atoms with E-state index in [1.165, 1.54) is 29.5 Å². The molecule has 0 fully saturated rings. The summed E-state index contributed by atoms with van der Waals surface area (Å²) in [4.78, 5) is 2.24. The van der Waals surface area contributed by atoms with Crippen LogP contribution >= 0.6 is 12.4 Å². The predicted octanol–water partition coefficient (Wildman–Crippen LogP) is 4.96. The van der Waals surface area contributed by atoms with E-state index in [-0.39, 0.29) is 24.0 Å². The molecule has 3 aromatic rings. The van der Waals surface area contributed by atoms with Crippen LogP contribution in [0.2, 0.25) is 0 Å². The molecule has 2 heterocycles. The lowest BCUT2D eigenvalue weighted by atomic mass is 10.1. The molecular weight excluding hydrogens is 342 g/mol. The zero-order valence-electron chi connectivity index (χ0n) is 13.9. The van der Waals surface area contributed by atoms with Gasteiger partial charge in [0.25, 0.3) is 0 Å². The number of hydrogen-bond acceptors (Lipinski definition) is 1. The van der Waals surface area contributed by atoms with E-state index in [2.05, 4.69) is 16.5 Å². The van der Waals surface area contributed by atoms with Gasteiger partial charge in [-0.25, -0.2) is 8.78 Å².